The number of aromatic nitrogens is 2. The number of nitro groups is 1. The number of carbonyl (C=O) groups is 1. The second kappa shape index (κ2) is 8.42. The molecule has 0 unspecified atom stereocenters. The molecule has 9 nitrogen and oxygen atoms in total. The van der Waals surface area contributed by atoms with Gasteiger partial charge in [0.1, 0.15) is 0 Å². The molecule has 1 amide bonds. The average molecular weight is 407 g/mol. The van der Waals surface area contributed by atoms with E-state index in [2.05, 4.69) is 15.5 Å². The van der Waals surface area contributed by atoms with Crippen LogP contribution in [-0.4, -0.2) is 39.0 Å². The molecule has 1 heterocycles. The van der Waals surface area contributed by atoms with E-state index in [9.17, 15) is 14.9 Å². The Bertz CT molecular complexity index is 1060. The Labute approximate surface area is 172 Å². The maximum atomic E-state index is 12.1. The Hall–Kier alpha value is -3.59. The third-order valence-corrected chi connectivity index (χ3v) is 4.77. The zero-order valence-electron chi connectivity index (χ0n) is 16.4. The van der Waals surface area contributed by atoms with Crippen LogP contribution in [0.5, 0.6) is 0 Å². The van der Waals surface area contributed by atoms with Crippen molar-refractivity contribution in [1.29, 1.82) is 0 Å². The van der Waals surface area contributed by atoms with E-state index >= 15 is 0 Å². The first-order chi connectivity index (χ1) is 14.5. The van der Waals surface area contributed by atoms with E-state index in [-0.39, 0.29) is 11.6 Å². The Morgan fingerprint density at radius 2 is 2.00 bits per heavy atom. The first-order valence-corrected chi connectivity index (χ1v) is 9.64. The molecule has 1 aromatic heterocycles. The van der Waals surface area contributed by atoms with E-state index in [4.69, 9.17) is 4.52 Å². The second-order valence-corrected chi connectivity index (χ2v) is 7.44. The molecule has 1 fully saturated rings. The number of rotatable bonds is 8. The number of hydrogen-bond acceptors (Lipinski definition) is 7. The SMILES string of the molecule is CN(Cc1ccc(C(=O)NC2CC2)cc1)Cc1nc(-c2cccc([N+](=O)[O-])c2)no1. The van der Waals surface area contributed by atoms with E-state index in [1.807, 2.05) is 36.2 Å². The molecule has 3 aromatic rings. The summed E-state index contributed by atoms with van der Waals surface area (Å²) >= 11 is 0. The zero-order valence-corrected chi connectivity index (χ0v) is 16.4. The van der Waals surface area contributed by atoms with E-state index < -0.39 is 4.92 Å². The lowest BCUT2D eigenvalue weighted by atomic mass is 10.1. The van der Waals surface area contributed by atoms with Gasteiger partial charge in [0.05, 0.1) is 11.5 Å². The maximum absolute atomic E-state index is 12.1. The summed E-state index contributed by atoms with van der Waals surface area (Å²) in [6, 6.07) is 14.0. The van der Waals surface area contributed by atoms with Crippen LogP contribution in [0.3, 0.4) is 0 Å². The number of non-ortho nitro benzene ring substituents is 1. The molecule has 30 heavy (non-hydrogen) atoms. The third kappa shape index (κ3) is 4.87. The summed E-state index contributed by atoms with van der Waals surface area (Å²) in [5, 5.41) is 17.8. The molecule has 2 aromatic carbocycles. The second-order valence-electron chi connectivity index (χ2n) is 7.44. The molecular formula is C21H21N5O4. The topological polar surface area (TPSA) is 114 Å². The molecule has 0 aliphatic heterocycles. The van der Waals surface area contributed by atoms with Crippen LogP contribution in [0.15, 0.2) is 53.1 Å². The van der Waals surface area contributed by atoms with Crippen molar-refractivity contribution in [3.63, 3.8) is 0 Å². The van der Waals surface area contributed by atoms with Crippen LogP contribution >= 0.6 is 0 Å². The Morgan fingerprint density at radius 3 is 2.70 bits per heavy atom. The summed E-state index contributed by atoms with van der Waals surface area (Å²) in [7, 11) is 1.92. The molecule has 9 heteroatoms. The zero-order chi connectivity index (χ0) is 21.1. The van der Waals surface area contributed by atoms with Gasteiger partial charge in [-0.05, 0) is 37.6 Å². The van der Waals surface area contributed by atoms with Crippen LogP contribution in [0.25, 0.3) is 11.4 Å². The number of amides is 1. The van der Waals surface area contributed by atoms with Gasteiger partial charge in [-0.2, -0.15) is 4.98 Å². The maximum Gasteiger partial charge on any atom is 0.270 e. The summed E-state index contributed by atoms with van der Waals surface area (Å²) in [6.07, 6.45) is 2.13. The van der Waals surface area contributed by atoms with Gasteiger partial charge >= 0.3 is 0 Å². The van der Waals surface area contributed by atoms with E-state index in [1.165, 1.54) is 12.1 Å². The van der Waals surface area contributed by atoms with Gasteiger partial charge in [-0.15, -0.1) is 0 Å². The minimum Gasteiger partial charge on any atom is -0.349 e. The molecule has 0 saturated heterocycles. The summed E-state index contributed by atoms with van der Waals surface area (Å²) < 4.78 is 5.30. The van der Waals surface area contributed by atoms with Gasteiger partial charge < -0.3 is 9.84 Å². The number of nitrogens with one attached hydrogen (secondary N) is 1. The fourth-order valence-electron chi connectivity index (χ4n) is 3.05. The number of nitrogens with zero attached hydrogens (tertiary/aromatic N) is 4. The highest BCUT2D eigenvalue weighted by molar-refractivity contribution is 5.94. The van der Waals surface area contributed by atoms with E-state index in [0.717, 1.165) is 18.4 Å². The lowest BCUT2D eigenvalue weighted by molar-refractivity contribution is -0.384. The number of carbonyl (C=O) groups excluding carboxylic acids is 1. The van der Waals surface area contributed by atoms with Crippen molar-refractivity contribution in [2.75, 3.05) is 7.05 Å². The van der Waals surface area contributed by atoms with Gasteiger partial charge in [0.15, 0.2) is 0 Å². The van der Waals surface area contributed by atoms with Crippen molar-refractivity contribution in [3.8, 4) is 11.4 Å². The molecule has 0 atom stereocenters. The van der Waals surface area contributed by atoms with Gasteiger partial charge in [-0.1, -0.05) is 29.4 Å². The van der Waals surface area contributed by atoms with Crippen LogP contribution in [0.1, 0.15) is 34.7 Å². The number of hydrogen-bond donors (Lipinski definition) is 1. The molecule has 1 N–H and O–H groups in total. The average Bonchev–Trinajstić information content (AvgIpc) is 3.43. The van der Waals surface area contributed by atoms with Crippen LogP contribution in [0, 0.1) is 10.1 Å². The highest BCUT2D eigenvalue weighted by Gasteiger charge is 2.23. The molecule has 1 aliphatic rings. The molecule has 154 valence electrons. The van der Waals surface area contributed by atoms with Gasteiger partial charge in [0, 0.05) is 35.8 Å². The lowest BCUT2D eigenvalue weighted by Crippen LogP contribution is -2.25. The molecule has 0 spiro atoms. The minimum absolute atomic E-state index is 0.0229. The van der Waals surface area contributed by atoms with Crippen molar-refractivity contribution in [1.82, 2.24) is 20.4 Å². The normalized spacial score (nSPS) is 13.4. The van der Waals surface area contributed by atoms with Crippen LogP contribution in [0.4, 0.5) is 5.69 Å². The lowest BCUT2D eigenvalue weighted by Gasteiger charge is -2.14. The van der Waals surface area contributed by atoms with Gasteiger partial charge in [0.25, 0.3) is 11.6 Å². The highest BCUT2D eigenvalue weighted by atomic mass is 16.6. The van der Waals surface area contributed by atoms with Crippen LogP contribution in [0.2, 0.25) is 0 Å². The Balaban J connectivity index is 1.35. The first kappa shape index (κ1) is 19.7. The van der Waals surface area contributed by atoms with E-state index in [0.29, 0.717) is 42.0 Å². The molecule has 1 saturated carbocycles. The Morgan fingerprint density at radius 1 is 1.23 bits per heavy atom. The fourth-order valence-corrected chi connectivity index (χ4v) is 3.05. The van der Waals surface area contributed by atoms with Crippen molar-refractivity contribution < 1.29 is 14.2 Å². The van der Waals surface area contributed by atoms with Gasteiger partial charge in [0.2, 0.25) is 11.7 Å². The van der Waals surface area contributed by atoms with E-state index in [1.54, 1.807) is 12.1 Å². The largest absolute Gasteiger partial charge is 0.349 e. The molecule has 0 bridgehead atoms. The van der Waals surface area contributed by atoms with Crippen molar-refractivity contribution in [3.05, 3.63) is 75.7 Å². The quantitative estimate of drug-likeness (QED) is 0.450. The summed E-state index contributed by atoms with van der Waals surface area (Å²) in [6.45, 7) is 1.06. The molecular weight excluding hydrogens is 386 g/mol. The van der Waals surface area contributed by atoms with Crippen LogP contribution < -0.4 is 5.32 Å². The number of benzene rings is 2. The molecule has 4 rings (SSSR count). The summed E-state index contributed by atoms with van der Waals surface area (Å²) in [5.74, 6) is 0.699. The fraction of sp³-hybridized carbons (Fsp3) is 0.286. The standard InChI is InChI=1S/C21H21N5O4/c1-25(12-14-5-7-15(8-6-14)21(27)22-17-9-10-17)13-19-23-20(24-30-19)16-3-2-4-18(11-16)26(28)29/h2-8,11,17H,9-10,12-13H2,1H3,(H,22,27). The van der Waals surface area contributed by atoms with Crippen molar-refractivity contribution in [2.45, 2.75) is 32.0 Å². The summed E-state index contributed by atoms with van der Waals surface area (Å²) in [4.78, 5) is 28.9. The third-order valence-electron chi connectivity index (χ3n) is 4.77. The monoisotopic (exact) mass is 407 g/mol. The number of nitro benzene ring substituents is 1. The highest BCUT2D eigenvalue weighted by Crippen LogP contribution is 2.22. The van der Waals surface area contributed by atoms with Gasteiger partial charge in [-0.25, -0.2) is 0 Å². The van der Waals surface area contributed by atoms with Gasteiger partial charge in [-0.3, -0.25) is 19.8 Å². The predicted molar refractivity (Wildman–Crippen MR) is 108 cm³/mol. The smallest absolute Gasteiger partial charge is 0.270 e. The molecule has 1 aliphatic carbocycles. The van der Waals surface area contributed by atoms with Crippen molar-refractivity contribution in [2.24, 2.45) is 0 Å². The minimum atomic E-state index is -0.459. The molecule has 0 radical (unpaired) electrons. The summed E-state index contributed by atoms with van der Waals surface area (Å²) in [5.41, 5.74) is 2.22. The Kier molecular flexibility index (Phi) is 5.53. The first-order valence-electron chi connectivity index (χ1n) is 9.64. The predicted octanol–water partition coefficient (Wildman–Crippen LogP) is 3.17. The van der Waals surface area contributed by atoms with Crippen LogP contribution in [-0.2, 0) is 13.1 Å². The van der Waals surface area contributed by atoms with Crippen molar-refractivity contribution >= 4 is 11.6 Å².